The minimum atomic E-state index is -0.127. The van der Waals surface area contributed by atoms with Crippen LogP contribution in [0.15, 0.2) is 218 Å². The molecule has 12 aromatic rings. The summed E-state index contributed by atoms with van der Waals surface area (Å²) >= 11 is 4.18. The van der Waals surface area contributed by atoms with Crippen LogP contribution in [0.4, 0.5) is 22.7 Å². The van der Waals surface area contributed by atoms with E-state index in [0.29, 0.717) is 0 Å². The normalized spacial score (nSPS) is 22.4. The van der Waals surface area contributed by atoms with Crippen LogP contribution < -0.4 is 9.80 Å². The lowest BCUT2D eigenvalue weighted by Crippen LogP contribution is -2.54. The van der Waals surface area contributed by atoms with Gasteiger partial charge in [-0.15, -0.1) is 0 Å². The van der Waals surface area contributed by atoms with Gasteiger partial charge in [0.1, 0.15) is 0 Å². The third kappa shape index (κ3) is 6.47. The highest BCUT2D eigenvalue weighted by Crippen LogP contribution is 2.68. The molecule has 2 aliphatic carbocycles. The van der Waals surface area contributed by atoms with Crippen molar-refractivity contribution in [1.82, 2.24) is 0 Å². The zero-order chi connectivity index (χ0) is 53.5. The lowest BCUT2D eigenvalue weighted by Gasteiger charge is -2.51. The Hall–Kier alpha value is -7.50. The van der Waals surface area contributed by atoms with Gasteiger partial charge < -0.3 is 9.80 Å². The molecule has 4 unspecified atom stereocenters. The molecule has 0 aromatic heterocycles. The van der Waals surface area contributed by atoms with Crippen molar-refractivity contribution in [2.45, 2.75) is 85.8 Å². The van der Waals surface area contributed by atoms with E-state index >= 15 is 0 Å². The Morgan fingerprint density at radius 3 is 1.35 bits per heavy atom. The number of anilines is 4. The monoisotopic (exact) mass is 1070 g/mol. The number of rotatable bonds is 8. The second kappa shape index (κ2) is 18.0. The van der Waals surface area contributed by atoms with E-state index in [1.54, 1.807) is 0 Å². The molecule has 2 fully saturated rings. The number of thioether (sulfide) groups is 2. The van der Waals surface area contributed by atoms with Crippen LogP contribution in [0.3, 0.4) is 0 Å². The minimum Gasteiger partial charge on any atom is -0.334 e. The summed E-state index contributed by atoms with van der Waals surface area (Å²) in [5.41, 5.74) is 18.4. The van der Waals surface area contributed by atoms with E-state index in [-0.39, 0.29) is 20.6 Å². The maximum atomic E-state index is 2.75. The van der Waals surface area contributed by atoms with E-state index in [4.69, 9.17) is 0 Å². The zero-order valence-corrected chi connectivity index (χ0v) is 47.8. The molecule has 0 amide bonds. The number of hydrogen-bond acceptors (Lipinski definition) is 4. The van der Waals surface area contributed by atoms with Crippen molar-refractivity contribution in [3.8, 4) is 44.5 Å². The maximum absolute atomic E-state index is 2.75. The van der Waals surface area contributed by atoms with Crippen molar-refractivity contribution < 1.29 is 0 Å². The number of hydrogen-bond donors (Lipinski definition) is 0. The molecule has 390 valence electrons. The van der Waals surface area contributed by atoms with E-state index in [1.807, 2.05) is 0 Å². The van der Waals surface area contributed by atoms with Crippen molar-refractivity contribution in [1.29, 1.82) is 0 Å². The standard InChI is InChI=1S/C76H64N2S2/c1-73-42-15-17-44-75(73,79-3)67-46-51(36-41-68(67)77(73)52-26-7-5-8-27-52)63-47-64(56-32-19-24-49-22-11-13-30-54(49)56)59-39-40-61-66(48-65(60-38-37-58(63)70(59)71(60)61)57-33-20-25-50-23-12-14-31-55(50)57)62-34-21-35-69-72(62)76(80-4)45-18-16-43-74(76,2)78(69)53-28-9-6-10-29-53/h5-14,19-41,46-48H,15-18,42-45H2,1-4H3. The topological polar surface area (TPSA) is 6.48 Å². The predicted molar refractivity (Wildman–Crippen MR) is 348 cm³/mol. The number of benzene rings is 12. The lowest BCUT2D eigenvalue weighted by atomic mass is 9.70. The molecule has 2 nitrogen and oxygen atoms in total. The summed E-state index contributed by atoms with van der Waals surface area (Å²) in [6.07, 6.45) is 14.3. The molecule has 2 saturated carbocycles. The molecule has 0 saturated heterocycles. The van der Waals surface area contributed by atoms with Crippen LogP contribution in [0, 0.1) is 0 Å². The van der Waals surface area contributed by atoms with Crippen LogP contribution in [0.1, 0.15) is 76.3 Å². The van der Waals surface area contributed by atoms with Gasteiger partial charge in [0.2, 0.25) is 0 Å². The molecule has 4 atom stereocenters. The van der Waals surface area contributed by atoms with Gasteiger partial charge in [0, 0.05) is 28.3 Å². The molecular weight excluding hydrogens is 1000 g/mol. The van der Waals surface area contributed by atoms with Crippen molar-refractivity contribution in [3.05, 3.63) is 230 Å². The van der Waals surface area contributed by atoms with Crippen molar-refractivity contribution in [2.75, 3.05) is 22.3 Å². The van der Waals surface area contributed by atoms with Crippen LogP contribution >= 0.6 is 23.5 Å². The van der Waals surface area contributed by atoms with Gasteiger partial charge >= 0.3 is 0 Å². The molecule has 0 spiro atoms. The smallest absolute Gasteiger partial charge is 0.0664 e. The Labute approximate surface area is 479 Å². The highest BCUT2D eigenvalue weighted by atomic mass is 32.2. The summed E-state index contributed by atoms with van der Waals surface area (Å²) < 4.78 is -0.191. The molecule has 0 N–H and O–H groups in total. The largest absolute Gasteiger partial charge is 0.334 e. The Balaban J connectivity index is 1.04. The lowest BCUT2D eigenvalue weighted by molar-refractivity contribution is 0.262. The highest BCUT2D eigenvalue weighted by Gasteiger charge is 2.62. The summed E-state index contributed by atoms with van der Waals surface area (Å²) in [4.78, 5) is 5.47. The van der Waals surface area contributed by atoms with E-state index in [0.717, 1.165) is 25.7 Å². The van der Waals surface area contributed by atoms with Crippen molar-refractivity contribution in [2.24, 2.45) is 0 Å². The Bertz CT molecular complexity index is 4460. The van der Waals surface area contributed by atoms with Crippen molar-refractivity contribution in [3.63, 3.8) is 0 Å². The summed E-state index contributed by atoms with van der Waals surface area (Å²) in [5, 5.41) is 13.0. The zero-order valence-electron chi connectivity index (χ0n) is 46.2. The molecule has 80 heavy (non-hydrogen) atoms. The molecule has 0 radical (unpaired) electrons. The SMILES string of the molecule is CSC12CCCCC1(C)N(c1ccccc1)c1ccc(-c3cc(-c4cccc5ccccc45)c4ccc5c(-c6cccc7c6C6(SC)CCCCC6(C)N7c6ccccc6)cc(-c6cccc7ccccc67)c6ccc3c4c56)cc12. The first-order valence-electron chi connectivity index (χ1n) is 29.2. The van der Waals surface area contributed by atoms with E-state index in [1.165, 1.54) is 158 Å². The number of para-hydroxylation sites is 2. The first-order valence-corrected chi connectivity index (χ1v) is 31.6. The summed E-state index contributed by atoms with van der Waals surface area (Å²) in [6, 6.07) is 84.4. The van der Waals surface area contributed by atoms with Gasteiger partial charge in [-0.1, -0.05) is 189 Å². The molecule has 2 aliphatic heterocycles. The summed E-state index contributed by atoms with van der Waals surface area (Å²) in [6.45, 7) is 5.14. The number of fused-ring (bicyclic) bond motifs is 8. The molecule has 0 bridgehead atoms. The molecule has 16 rings (SSSR count). The van der Waals surface area contributed by atoms with Gasteiger partial charge in [0.05, 0.1) is 20.6 Å². The second-order valence-corrected chi connectivity index (χ2v) is 26.1. The maximum Gasteiger partial charge on any atom is 0.0664 e. The molecule has 12 aromatic carbocycles. The summed E-state index contributed by atoms with van der Waals surface area (Å²) in [7, 11) is 0. The number of nitrogens with zero attached hydrogens (tertiary/aromatic N) is 2. The first-order chi connectivity index (χ1) is 39.3. The Morgan fingerprint density at radius 2 is 0.775 bits per heavy atom. The minimum absolute atomic E-state index is 0.0640. The van der Waals surface area contributed by atoms with Crippen LogP contribution in [-0.2, 0) is 9.49 Å². The van der Waals surface area contributed by atoms with Gasteiger partial charge in [-0.3, -0.25) is 0 Å². The van der Waals surface area contributed by atoms with Gasteiger partial charge in [0.25, 0.3) is 0 Å². The van der Waals surface area contributed by atoms with Gasteiger partial charge in [-0.05, 0) is 211 Å². The fourth-order valence-electron chi connectivity index (χ4n) is 16.8. The van der Waals surface area contributed by atoms with Gasteiger partial charge in [0.15, 0.2) is 0 Å². The highest BCUT2D eigenvalue weighted by molar-refractivity contribution is 7.99. The average molecular weight is 1070 g/mol. The van der Waals surface area contributed by atoms with Crippen LogP contribution in [0.5, 0.6) is 0 Å². The first kappa shape index (κ1) is 48.4. The van der Waals surface area contributed by atoms with Crippen LogP contribution in [-0.4, -0.2) is 23.6 Å². The van der Waals surface area contributed by atoms with E-state index in [2.05, 4.69) is 278 Å². The van der Waals surface area contributed by atoms with Crippen LogP contribution in [0.2, 0.25) is 0 Å². The van der Waals surface area contributed by atoms with Gasteiger partial charge in [-0.25, -0.2) is 0 Å². The fourth-order valence-corrected chi connectivity index (χ4v) is 19.6. The molecule has 4 heteroatoms. The average Bonchev–Trinajstić information content (AvgIpc) is 4.10. The summed E-state index contributed by atoms with van der Waals surface area (Å²) in [5.74, 6) is 0. The molecular formula is C76H64N2S2. The molecule has 4 aliphatic rings. The third-order valence-corrected chi connectivity index (χ3v) is 23.5. The Kier molecular flexibility index (Phi) is 10.9. The third-order valence-electron chi connectivity index (χ3n) is 20.4. The fraction of sp³-hybridized carbons (Fsp3) is 0.211. The van der Waals surface area contributed by atoms with Gasteiger partial charge in [-0.2, -0.15) is 23.5 Å². The molecule has 2 heterocycles. The van der Waals surface area contributed by atoms with E-state index in [9.17, 15) is 0 Å². The second-order valence-electron chi connectivity index (χ2n) is 23.9. The van der Waals surface area contributed by atoms with Crippen molar-refractivity contribution >= 4 is 100 Å². The Morgan fingerprint density at radius 1 is 0.338 bits per heavy atom. The van der Waals surface area contributed by atoms with Crippen LogP contribution in [0.25, 0.3) is 98.4 Å². The predicted octanol–water partition coefficient (Wildman–Crippen LogP) is 21.6. The van der Waals surface area contributed by atoms with E-state index < -0.39 is 0 Å². The quantitative estimate of drug-likeness (QED) is 0.140.